The maximum atomic E-state index is 13.9. The molecule has 1 aromatic rings. The number of nitrogen functional groups attached to an aromatic ring is 1. The summed E-state index contributed by atoms with van der Waals surface area (Å²) in [5.41, 5.74) is 6.47. The Hall–Kier alpha value is -1.18. The van der Waals surface area contributed by atoms with Crippen molar-refractivity contribution in [2.75, 3.05) is 25.9 Å². The number of hydrogen-bond donors (Lipinski definition) is 2. The Morgan fingerprint density at radius 1 is 1.45 bits per heavy atom. The van der Waals surface area contributed by atoms with Crippen LogP contribution >= 0.6 is 0 Å². The van der Waals surface area contributed by atoms with Crippen LogP contribution in [0.3, 0.4) is 0 Å². The van der Waals surface area contributed by atoms with Crippen LogP contribution in [-0.2, 0) is 10.0 Å². The quantitative estimate of drug-likeness (QED) is 0.820. The Morgan fingerprint density at radius 3 is 2.80 bits per heavy atom. The number of piperidine rings is 1. The van der Waals surface area contributed by atoms with Crippen molar-refractivity contribution in [1.82, 2.24) is 9.62 Å². The van der Waals surface area contributed by atoms with Crippen LogP contribution in [0.1, 0.15) is 18.4 Å². The molecule has 20 heavy (non-hydrogen) atoms. The van der Waals surface area contributed by atoms with Crippen molar-refractivity contribution in [2.45, 2.75) is 30.7 Å². The van der Waals surface area contributed by atoms with Gasteiger partial charge < -0.3 is 10.6 Å². The molecule has 1 unspecified atom stereocenters. The lowest BCUT2D eigenvalue weighted by molar-refractivity contribution is 0.242. The number of sulfonamides is 1. The van der Waals surface area contributed by atoms with E-state index in [1.165, 1.54) is 6.07 Å². The molecule has 1 atom stereocenters. The summed E-state index contributed by atoms with van der Waals surface area (Å²) in [6.45, 7) is 3.21. The second kappa shape index (κ2) is 5.67. The first-order valence-electron chi connectivity index (χ1n) is 6.56. The number of benzene rings is 1. The van der Waals surface area contributed by atoms with Crippen LogP contribution in [0.15, 0.2) is 17.0 Å². The summed E-state index contributed by atoms with van der Waals surface area (Å²) in [7, 11) is -1.95. The van der Waals surface area contributed by atoms with Gasteiger partial charge in [-0.2, -0.15) is 0 Å². The summed E-state index contributed by atoms with van der Waals surface area (Å²) in [6, 6.07) is 2.14. The molecular formula is C13H20FN3O2S. The number of nitrogens with one attached hydrogen (secondary N) is 1. The Morgan fingerprint density at radius 2 is 2.15 bits per heavy atom. The fourth-order valence-corrected chi connectivity index (χ4v) is 3.78. The van der Waals surface area contributed by atoms with E-state index in [9.17, 15) is 12.8 Å². The van der Waals surface area contributed by atoms with E-state index in [-0.39, 0.29) is 16.6 Å². The summed E-state index contributed by atoms with van der Waals surface area (Å²) < 4.78 is 41.0. The van der Waals surface area contributed by atoms with Crippen molar-refractivity contribution in [3.05, 3.63) is 23.5 Å². The van der Waals surface area contributed by atoms with Gasteiger partial charge in [0.05, 0.1) is 0 Å². The molecule has 1 aromatic carbocycles. The van der Waals surface area contributed by atoms with Crippen LogP contribution < -0.4 is 10.5 Å². The molecule has 0 bridgehead atoms. The topological polar surface area (TPSA) is 75.4 Å². The highest BCUT2D eigenvalue weighted by molar-refractivity contribution is 7.89. The molecule has 1 saturated heterocycles. The number of likely N-dealkylation sites (tertiary alicyclic amines) is 1. The second-order valence-corrected chi connectivity index (χ2v) is 7.04. The van der Waals surface area contributed by atoms with Gasteiger partial charge in [0.15, 0.2) is 0 Å². The molecule has 0 spiro atoms. The fourth-order valence-electron chi connectivity index (χ4n) is 2.42. The Kier molecular flexibility index (Phi) is 4.31. The van der Waals surface area contributed by atoms with Crippen LogP contribution in [-0.4, -0.2) is 39.5 Å². The minimum Gasteiger partial charge on any atom is -0.398 e. The number of nitrogens with zero attached hydrogens (tertiary/aromatic N) is 1. The molecule has 5 nitrogen and oxygen atoms in total. The summed E-state index contributed by atoms with van der Waals surface area (Å²) in [6.07, 6.45) is 1.68. The summed E-state index contributed by atoms with van der Waals surface area (Å²) in [5.74, 6) is -0.770. The van der Waals surface area contributed by atoms with Gasteiger partial charge in [-0.15, -0.1) is 0 Å². The zero-order valence-electron chi connectivity index (χ0n) is 11.7. The monoisotopic (exact) mass is 301 g/mol. The van der Waals surface area contributed by atoms with E-state index in [0.29, 0.717) is 12.1 Å². The van der Waals surface area contributed by atoms with Gasteiger partial charge in [-0.05, 0) is 51.1 Å². The third-order valence-electron chi connectivity index (χ3n) is 3.56. The third-order valence-corrected chi connectivity index (χ3v) is 5.09. The molecule has 0 amide bonds. The van der Waals surface area contributed by atoms with Crippen molar-refractivity contribution in [3.63, 3.8) is 0 Å². The van der Waals surface area contributed by atoms with Gasteiger partial charge in [0.1, 0.15) is 10.7 Å². The van der Waals surface area contributed by atoms with E-state index in [4.69, 9.17) is 5.73 Å². The van der Waals surface area contributed by atoms with Gasteiger partial charge in [-0.3, -0.25) is 0 Å². The number of anilines is 1. The van der Waals surface area contributed by atoms with E-state index in [1.807, 2.05) is 7.05 Å². The second-order valence-electron chi connectivity index (χ2n) is 5.36. The molecule has 7 heteroatoms. The minimum absolute atomic E-state index is 0.194. The zero-order valence-corrected chi connectivity index (χ0v) is 12.5. The van der Waals surface area contributed by atoms with Crippen molar-refractivity contribution >= 4 is 15.7 Å². The number of nitrogens with two attached hydrogens (primary N) is 1. The molecular weight excluding hydrogens is 281 g/mol. The first-order valence-corrected chi connectivity index (χ1v) is 8.04. The lowest BCUT2D eigenvalue weighted by atomic mass is 10.1. The van der Waals surface area contributed by atoms with E-state index in [0.717, 1.165) is 25.5 Å². The van der Waals surface area contributed by atoms with E-state index in [2.05, 4.69) is 9.62 Å². The van der Waals surface area contributed by atoms with Crippen molar-refractivity contribution < 1.29 is 12.8 Å². The Bertz CT molecular complexity index is 604. The molecule has 2 rings (SSSR count). The van der Waals surface area contributed by atoms with Gasteiger partial charge in [-0.1, -0.05) is 0 Å². The number of aryl methyl sites for hydroxylation is 1. The van der Waals surface area contributed by atoms with E-state index < -0.39 is 15.8 Å². The number of likely N-dealkylation sites (N-methyl/N-ethyl adjacent to an activating group) is 1. The molecule has 1 aliphatic rings. The predicted molar refractivity (Wildman–Crippen MR) is 76.4 cm³/mol. The van der Waals surface area contributed by atoms with E-state index in [1.54, 1.807) is 6.92 Å². The van der Waals surface area contributed by atoms with E-state index >= 15 is 0 Å². The number of halogens is 1. The molecule has 0 radical (unpaired) electrons. The standard InChI is InChI=1S/C13H20FN3O2S/c1-9-6-11(14)13(7-12(9)15)20(18,19)16-10-4-3-5-17(2)8-10/h6-7,10,16H,3-5,8,15H2,1-2H3. The third kappa shape index (κ3) is 3.28. The summed E-state index contributed by atoms with van der Waals surface area (Å²) in [4.78, 5) is 1.67. The molecule has 112 valence electrons. The average Bonchev–Trinajstić information content (AvgIpc) is 2.33. The molecule has 0 aliphatic carbocycles. The summed E-state index contributed by atoms with van der Waals surface area (Å²) in [5, 5.41) is 0. The molecule has 0 aromatic heterocycles. The van der Waals surface area contributed by atoms with Crippen molar-refractivity contribution in [1.29, 1.82) is 0 Å². The fraction of sp³-hybridized carbons (Fsp3) is 0.538. The summed E-state index contributed by atoms with van der Waals surface area (Å²) >= 11 is 0. The number of rotatable bonds is 3. The van der Waals surface area contributed by atoms with Gasteiger partial charge in [-0.25, -0.2) is 17.5 Å². The van der Waals surface area contributed by atoms with Gasteiger partial charge in [0, 0.05) is 18.3 Å². The molecule has 3 N–H and O–H groups in total. The van der Waals surface area contributed by atoms with Gasteiger partial charge in [0.25, 0.3) is 0 Å². The molecule has 1 heterocycles. The van der Waals surface area contributed by atoms with Crippen LogP contribution in [0.2, 0.25) is 0 Å². The van der Waals surface area contributed by atoms with Crippen molar-refractivity contribution in [3.8, 4) is 0 Å². The minimum atomic E-state index is -3.88. The van der Waals surface area contributed by atoms with Crippen LogP contribution in [0.4, 0.5) is 10.1 Å². The molecule has 0 saturated carbocycles. The number of hydrogen-bond acceptors (Lipinski definition) is 4. The maximum absolute atomic E-state index is 13.9. The normalized spacial score (nSPS) is 21.1. The Labute approximate surface area is 119 Å². The lowest BCUT2D eigenvalue weighted by Crippen LogP contribution is -2.46. The smallest absolute Gasteiger partial charge is 0.243 e. The van der Waals surface area contributed by atoms with Crippen molar-refractivity contribution in [2.24, 2.45) is 0 Å². The van der Waals surface area contributed by atoms with Crippen LogP contribution in [0.25, 0.3) is 0 Å². The highest BCUT2D eigenvalue weighted by Gasteiger charge is 2.26. The maximum Gasteiger partial charge on any atom is 0.243 e. The highest BCUT2D eigenvalue weighted by Crippen LogP contribution is 2.22. The first kappa shape index (κ1) is 15.2. The van der Waals surface area contributed by atoms with Gasteiger partial charge in [0.2, 0.25) is 10.0 Å². The van der Waals surface area contributed by atoms with Crippen LogP contribution in [0.5, 0.6) is 0 Å². The SMILES string of the molecule is Cc1cc(F)c(S(=O)(=O)NC2CCCN(C)C2)cc1N. The van der Waals surface area contributed by atoms with Gasteiger partial charge >= 0.3 is 0 Å². The lowest BCUT2D eigenvalue weighted by Gasteiger charge is -2.30. The predicted octanol–water partition coefficient (Wildman–Crippen LogP) is 1.09. The molecule has 1 aliphatic heterocycles. The van der Waals surface area contributed by atoms with Crippen LogP contribution in [0, 0.1) is 12.7 Å². The molecule has 1 fully saturated rings. The highest BCUT2D eigenvalue weighted by atomic mass is 32.2. The Balaban J connectivity index is 2.24. The largest absolute Gasteiger partial charge is 0.398 e. The zero-order chi connectivity index (χ0) is 14.9. The first-order chi connectivity index (χ1) is 9.29. The average molecular weight is 301 g/mol.